The second-order valence-corrected chi connectivity index (χ2v) is 8.58. The molecule has 9 heteroatoms. The Bertz CT molecular complexity index is 1100. The number of carbonyl (C=O) groups is 2. The number of anilines is 1. The van der Waals surface area contributed by atoms with Gasteiger partial charge in [0.15, 0.2) is 11.0 Å². The number of carbonyl (C=O) groups excluding carboxylic acids is 2. The van der Waals surface area contributed by atoms with Crippen LogP contribution in [0.15, 0.2) is 53.7 Å². The summed E-state index contributed by atoms with van der Waals surface area (Å²) in [6.45, 7) is 7.03. The molecule has 0 radical (unpaired) electrons. The lowest BCUT2D eigenvalue weighted by atomic mass is 10.0. The number of hydrogen-bond acceptors (Lipinski definition) is 6. The van der Waals surface area contributed by atoms with E-state index in [1.54, 1.807) is 31.4 Å². The van der Waals surface area contributed by atoms with Crippen LogP contribution in [-0.2, 0) is 17.9 Å². The summed E-state index contributed by atoms with van der Waals surface area (Å²) >= 11 is 1.32. The maximum absolute atomic E-state index is 12.5. The van der Waals surface area contributed by atoms with Gasteiger partial charge in [-0.3, -0.25) is 9.59 Å². The van der Waals surface area contributed by atoms with Crippen LogP contribution in [0, 0.1) is 0 Å². The van der Waals surface area contributed by atoms with Crippen LogP contribution in [0.5, 0.6) is 5.75 Å². The molecule has 0 unspecified atom stereocenters. The Morgan fingerprint density at radius 1 is 1.09 bits per heavy atom. The summed E-state index contributed by atoms with van der Waals surface area (Å²) in [7, 11) is 1.58. The molecular formula is C24H29N5O3S. The van der Waals surface area contributed by atoms with Crippen LogP contribution in [-0.4, -0.2) is 39.4 Å². The number of nitrogens with one attached hydrogen (secondary N) is 2. The van der Waals surface area contributed by atoms with E-state index in [4.69, 9.17) is 4.74 Å². The van der Waals surface area contributed by atoms with Crippen molar-refractivity contribution >= 4 is 29.3 Å². The van der Waals surface area contributed by atoms with Gasteiger partial charge in [0.25, 0.3) is 5.91 Å². The lowest BCUT2D eigenvalue weighted by Gasteiger charge is -2.13. The molecule has 0 spiro atoms. The highest BCUT2D eigenvalue weighted by molar-refractivity contribution is 7.99. The summed E-state index contributed by atoms with van der Waals surface area (Å²) in [6.07, 6.45) is 0. The van der Waals surface area contributed by atoms with Gasteiger partial charge in [-0.1, -0.05) is 43.8 Å². The van der Waals surface area contributed by atoms with Gasteiger partial charge in [0.05, 0.1) is 19.4 Å². The van der Waals surface area contributed by atoms with Crippen molar-refractivity contribution in [3.63, 3.8) is 0 Å². The molecule has 0 aliphatic carbocycles. The molecule has 8 nitrogen and oxygen atoms in total. The van der Waals surface area contributed by atoms with Gasteiger partial charge in [0.1, 0.15) is 5.75 Å². The summed E-state index contributed by atoms with van der Waals surface area (Å²) in [4.78, 5) is 24.9. The van der Waals surface area contributed by atoms with E-state index < -0.39 is 0 Å². The molecule has 174 valence electrons. The summed E-state index contributed by atoms with van der Waals surface area (Å²) in [6, 6.07) is 14.7. The first-order valence-electron chi connectivity index (χ1n) is 10.8. The molecule has 0 aliphatic heterocycles. The van der Waals surface area contributed by atoms with Crippen molar-refractivity contribution in [2.75, 3.05) is 18.2 Å². The highest BCUT2D eigenvalue weighted by Crippen LogP contribution is 2.24. The quantitative estimate of drug-likeness (QED) is 0.436. The van der Waals surface area contributed by atoms with Crippen molar-refractivity contribution in [1.82, 2.24) is 20.1 Å². The van der Waals surface area contributed by atoms with E-state index in [0.29, 0.717) is 34.8 Å². The van der Waals surface area contributed by atoms with Crippen molar-refractivity contribution in [3.8, 4) is 5.75 Å². The fourth-order valence-corrected chi connectivity index (χ4v) is 4.13. The van der Waals surface area contributed by atoms with Gasteiger partial charge < -0.3 is 19.9 Å². The minimum Gasteiger partial charge on any atom is -0.497 e. The van der Waals surface area contributed by atoms with Gasteiger partial charge in [-0.25, -0.2) is 0 Å². The molecule has 0 saturated carbocycles. The highest BCUT2D eigenvalue weighted by Gasteiger charge is 2.15. The zero-order valence-electron chi connectivity index (χ0n) is 19.3. The third-order valence-electron chi connectivity index (χ3n) is 5.06. The van der Waals surface area contributed by atoms with Crippen molar-refractivity contribution in [2.24, 2.45) is 0 Å². The Labute approximate surface area is 198 Å². The van der Waals surface area contributed by atoms with Crippen molar-refractivity contribution in [2.45, 2.75) is 44.9 Å². The minimum absolute atomic E-state index is 0.104. The van der Waals surface area contributed by atoms with Gasteiger partial charge in [-0.05, 0) is 48.7 Å². The molecule has 1 heterocycles. The molecule has 0 bridgehead atoms. The number of ether oxygens (including phenoxy) is 1. The average molecular weight is 468 g/mol. The molecular weight excluding hydrogens is 438 g/mol. The van der Waals surface area contributed by atoms with Crippen LogP contribution in [0.3, 0.4) is 0 Å². The largest absolute Gasteiger partial charge is 0.497 e. The van der Waals surface area contributed by atoms with Crippen LogP contribution >= 0.6 is 11.8 Å². The second kappa shape index (κ2) is 11.5. The number of para-hydroxylation sites is 1. The SMILES string of the molecule is CCn1c(CNC(=O)c2ccc(OC)cc2)nnc1SCC(=O)Nc1ccccc1C(C)C. The molecule has 0 fully saturated rings. The average Bonchev–Trinajstić information content (AvgIpc) is 3.23. The monoisotopic (exact) mass is 467 g/mol. The number of hydrogen-bond donors (Lipinski definition) is 2. The van der Waals surface area contributed by atoms with Gasteiger partial charge >= 0.3 is 0 Å². The second-order valence-electron chi connectivity index (χ2n) is 7.63. The predicted octanol–water partition coefficient (Wildman–Crippen LogP) is 4.09. The maximum atomic E-state index is 12.5. The van der Waals surface area contributed by atoms with E-state index in [9.17, 15) is 9.59 Å². The molecule has 3 rings (SSSR count). The molecule has 0 aliphatic rings. The predicted molar refractivity (Wildman–Crippen MR) is 130 cm³/mol. The topological polar surface area (TPSA) is 98.1 Å². The normalized spacial score (nSPS) is 10.8. The minimum atomic E-state index is -0.208. The van der Waals surface area contributed by atoms with Crippen LogP contribution in [0.2, 0.25) is 0 Å². The van der Waals surface area contributed by atoms with E-state index >= 15 is 0 Å². The van der Waals surface area contributed by atoms with E-state index in [-0.39, 0.29) is 24.1 Å². The Hall–Kier alpha value is -3.33. The van der Waals surface area contributed by atoms with Crippen molar-refractivity contribution in [1.29, 1.82) is 0 Å². The smallest absolute Gasteiger partial charge is 0.251 e. The van der Waals surface area contributed by atoms with Gasteiger partial charge in [0.2, 0.25) is 5.91 Å². The number of aromatic nitrogens is 3. The Balaban J connectivity index is 1.57. The van der Waals surface area contributed by atoms with Gasteiger partial charge in [0, 0.05) is 17.8 Å². The summed E-state index contributed by atoms with van der Waals surface area (Å²) in [5.74, 6) is 1.54. The summed E-state index contributed by atoms with van der Waals surface area (Å²) < 4.78 is 7.01. The third-order valence-corrected chi connectivity index (χ3v) is 6.02. The van der Waals surface area contributed by atoms with Crippen LogP contribution in [0.25, 0.3) is 0 Å². The molecule has 2 aromatic carbocycles. The van der Waals surface area contributed by atoms with Crippen molar-refractivity contribution in [3.05, 3.63) is 65.5 Å². The first kappa shape index (κ1) is 24.3. The Morgan fingerprint density at radius 2 is 1.82 bits per heavy atom. The zero-order valence-corrected chi connectivity index (χ0v) is 20.1. The standard InChI is InChI=1S/C24H29N5O3S/c1-5-29-21(14-25-23(31)17-10-12-18(32-4)13-11-17)27-28-24(29)33-15-22(30)26-20-9-7-6-8-19(20)16(2)3/h6-13,16H,5,14-15H2,1-4H3,(H,25,31)(H,26,30). The molecule has 3 aromatic rings. The molecule has 33 heavy (non-hydrogen) atoms. The highest BCUT2D eigenvalue weighted by atomic mass is 32.2. The number of thioether (sulfide) groups is 1. The molecule has 2 N–H and O–H groups in total. The van der Waals surface area contributed by atoms with Crippen LogP contribution in [0.1, 0.15) is 48.4 Å². The number of benzene rings is 2. The number of methoxy groups -OCH3 is 1. The molecule has 0 atom stereocenters. The van der Waals surface area contributed by atoms with Crippen LogP contribution in [0.4, 0.5) is 5.69 Å². The first-order chi connectivity index (χ1) is 15.9. The summed E-state index contributed by atoms with van der Waals surface area (Å²) in [5, 5.41) is 14.9. The van der Waals surface area contributed by atoms with Crippen molar-refractivity contribution < 1.29 is 14.3 Å². The van der Waals surface area contributed by atoms with E-state index in [1.165, 1.54) is 11.8 Å². The number of rotatable bonds is 10. The number of nitrogens with zero attached hydrogens (tertiary/aromatic N) is 3. The van der Waals surface area contributed by atoms with Gasteiger partial charge in [-0.2, -0.15) is 0 Å². The fraction of sp³-hybridized carbons (Fsp3) is 0.333. The zero-order chi connectivity index (χ0) is 23.8. The molecule has 2 amide bonds. The van der Waals surface area contributed by atoms with Gasteiger partial charge in [-0.15, -0.1) is 10.2 Å². The Kier molecular flexibility index (Phi) is 8.48. The summed E-state index contributed by atoms with van der Waals surface area (Å²) in [5.41, 5.74) is 2.46. The third kappa shape index (κ3) is 6.35. The van der Waals surface area contributed by atoms with Crippen LogP contribution < -0.4 is 15.4 Å². The fourth-order valence-electron chi connectivity index (χ4n) is 3.31. The maximum Gasteiger partial charge on any atom is 0.251 e. The lowest BCUT2D eigenvalue weighted by molar-refractivity contribution is -0.113. The molecule has 1 aromatic heterocycles. The number of amides is 2. The molecule has 0 saturated heterocycles. The Morgan fingerprint density at radius 3 is 2.48 bits per heavy atom. The lowest BCUT2D eigenvalue weighted by Crippen LogP contribution is -2.24. The van der Waals surface area contributed by atoms with E-state index in [1.807, 2.05) is 35.8 Å². The van der Waals surface area contributed by atoms with E-state index in [2.05, 4.69) is 34.7 Å². The van der Waals surface area contributed by atoms with E-state index in [0.717, 1.165) is 11.3 Å². The first-order valence-corrected chi connectivity index (χ1v) is 11.8.